The molecule has 2 aliphatic heterocycles. The molecule has 3 rings (SSSR count). The van der Waals surface area contributed by atoms with E-state index in [1.165, 1.54) is 11.1 Å². The highest BCUT2D eigenvalue weighted by Gasteiger charge is 2.45. The minimum Gasteiger partial charge on any atom is -0.357 e. The average Bonchev–Trinajstić information content (AvgIpc) is 2.77. The summed E-state index contributed by atoms with van der Waals surface area (Å²) >= 11 is 0. The molecule has 2 bridgehead atoms. The molecule has 0 saturated carbocycles. The second kappa shape index (κ2) is 3.05. The molecule has 0 aromatic rings. The summed E-state index contributed by atoms with van der Waals surface area (Å²) in [5.74, 6) is 0.166. The van der Waals surface area contributed by atoms with Crippen molar-refractivity contribution in [3.63, 3.8) is 0 Å². The van der Waals surface area contributed by atoms with E-state index in [1.807, 2.05) is 6.08 Å². The Labute approximate surface area is 95.0 Å². The predicted molar refractivity (Wildman–Crippen MR) is 62.0 cm³/mol. The zero-order valence-electron chi connectivity index (χ0n) is 9.38. The lowest BCUT2D eigenvalue weighted by molar-refractivity contribution is -0.113. The Hall–Kier alpha value is -1.41. The summed E-state index contributed by atoms with van der Waals surface area (Å²) in [6, 6.07) is 0. The fraction of sp³-hybridized carbons (Fsp3) is 0.357. The Morgan fingerprint density at radius 3 is 2.56 bits per heavy atom. The molecule has 2 heteroatoms. The van der Waals surface area contributed by atoms with Crippen LogP contribution < -0.4 is 0 Å². The minimum absolute atomic E-state index is 0.00412. The second-order valence-corrected chi connectivity index (χ2v) is 4.66. The van der Waals surface area contributed by atoms with Crippen molar-refractivity contribution in [2.75, 3.05) is 0 Å². The molecule has 0 aromatic heterocycles. The zero-order chi connectivity index (χ0) is 11.4. The molecule has 16 heavy (non-hydrogen) atoms. The summed E-state index contributed by atoms with van der Waals surface area (Å²) in [7, 11) is 0. The standard InChI is InChI=1S/C14H14O2/c1-7-8(2)14-12-6-10(9(3)15)4-5-11(12)13(7)16-14/h4,13-14H,1-2,5-6H2,3H3. The third-order valence-corrected chi connectivity index (χ3v) is 3.76. The molecule has 0 N–H and O–H groups in total. The lowest BCUT2D eigenvalue weighted by atomic mass is 9.78. The SMILES string of the molecule is C=C1C(=C)C2OC1C1=C2CC(C(C)=O)=CC1. The fourth-order valence-electron chi connectivity index (χ4n) is 2.78. The van der Waals surface area contributed by atoms with Crippen LogP contribution in [0.1, 0.15) is 19.8 Å². The van der Waals surface area contributed by atoms with Crippen molar-refractivity contribution in [1.29, 1.82) is 0 Å². The Balaban J connectivity index is 1.97. The predicted octanol–water partition coefficient (Wildman–Crippen LogP) is 2.49. The summed E-state index contributed by atoms with van der Waals surface area (Å²) in [6.45, 7) is 9.66. The van der Waals surface area contributed by atoms with Gasteiger partial charge < -0.3 is 4.74 Å². The van der Waals surface area contributed by atoms with E-state index in [2.05, 4.69) is 13.2 Å². The van der Waals surface area contributed by atoms with Crippen LogP contribution in [0.3, 0.4) is 0 Å². The van der Waals surface area contributed by atoms with Gasteiger partial charge in [0.2, 0.25) is 0 Å². The Morgan fingerprint density at radius 2 is 1.94 bits per heavy atom. The van der Waals surface area contributed by atoms with E-state index in [0.29, 0.717) is 0 Å². The van der Waals surface area contributed by atoms with Crippen LogP contribution in [0.5, 0.6) is 0 Å². The lowest BCUT2D eigenvalue weighted by Crippen LogP contribution is -2.18. The van der Waals surface area contributed by atoms with Crippen molar-refractivity contribution >= 4 is 5.78 Å². The van der Waals surface area contributed by atoms with Gasteiger partial charge in [0.1, 0.15) is 12.2 Å². The lowest BCUT2D eigenvalue weighted by Gasteiger charge is -2.23. The quantitative estimate of drug-likeness (QED) is 0.627. The zero-order valence-corrected chi connectivity index (χ0v) is 9.38. The van der Waals surface area contributed by atoms with Gasteiger partial charge in [-0.05, 0) is 47.6 Å². The molecule has 0 spiro atoms. The van der Waals surface area contributed by atoms with Crippen LogP contribution >= 0.6 is 0 Å². The molecular formula is C14H14O2. The van der Waals surface area contributed by atoms with Crippen LogP contribution in [-0.2, 0) is 9.53 Å². The van der Waals surface area contributed by atoms with Gasteiger partial charge in [0.05, 0.1) is 0 Å². The molecular weight excluding hydrogens is 200 g/mol. The largest absolute Gasteiger partial charge is 0.357 e. The molecule has 0 radical (unpaired) electrons. The molecule has 3 aliphatic rings. The highest BCUT2D eigenvalue weighted by molar-refractivity contribution is 5.94. The highest BCUT2D eigenvalue weighted by atomic mass is 16.5. The van der Waals surface area contributed by atoms with Gasteiger partial charge in [0.25, 0.3) is 0 Å². The van der Waals surface area contributed by atoms with Gasteiger partial charge in [-0.1, -0.05) is 19.2 Å². The smallest absolute Gasteiger partial charge is 0.155 e. The average molecular weight is 214 g/mol. The van der Waals surface area contributed by atoms with Gasteiger partial charge in [0.15, 0.2) is 5.78 Å². The van der Waals surface area contributed by atoms with Crippen molar-refractivity contribution in [3.05, 3.63) is 47.1 Å². The van der Waals surface area contributed by atoms with Crippen LogP contribution in [0.15, 0.2) is 47.1 Å². The van der Waals surface area contributed by atoms with Crippen molar-refractivity contribution in [1.82, 2.24) is 0 Å². The van der Waals surface area contributed by atoms with E-state index in [9.17, 15) is 4.79 Å². The third kappa shape index (κ3) is 1.08. The first-order valence-corrected chi connectivity index (χ1v) is 5.54. The first kappa shape index (κ1) is 9.79. The first-order chi connectivity index (χ1) is 7.59. The van der Waals surface area contributed by atoms with Crippen LogP contribution in [0, 0.1) is 0 Å². The Morgan fingerprint density at radius 1 is 1.31 bits per heavy atom. The van der Waals surface area contributed by atoms with Gasteiger partial charge in [-0.25, -0.2) is 0 Å². The van der Waals surface area contributed by atoms with E-state index in [1.54, 1.807) is 6.92 Å². The third-order valence-electron chi connectivity index (χ3n) is 3.76. The van der Waals surface area contributed by atoms with Crippen LogP contribution in [0.25, 0.3) is 0 Å². The Kier molecular flexibility index (Phi) is 1.86. The van der Waals surface area contributed by atoms with Gasteiger partial charge in [-0.3, -0.25) is 4.79 Å². The number of carbonyl (C=O) groups is 1. The number of ether oxygens (including phenoxy) is 1. The molecule has 2 unspecified atom stereocenters. The molecule has 2 heterocycles. The number of fused-ring (bicyclic) bond motifs is 4. The normalized spacial score (nSPS) is 31.9. The number of allylic oxidation sites excluding steroid dienone is 2. The van der Waals surface area contributed by atoms with Crippen molar-refractivity contribution < 1.29 is 9.53 Å². The maximum atomic E-state index is 11.4. The number of carbonyl (C=O) groups excluding carboxylic acids is 1. The molecule has 1 saturated heterocycles. The second-order valence-electron chi connectivity index (χ2n) is 4.66. The van der Waals surface area contributed by atoms with E-state index >= 15 is 0 Å². The van der Waals surface area contributed by atoms with Crippen molar-refractivity contribution in [2.24, 2.45) is 0 Å². The molecule has 2 nitrogen and oxygen atoms in total. The van der Waals surface area contributed by atoms with Crippen LogP contribution in [0.4, 0.5) is 0 Å². The van der Waals surface area contributed by atoms with Gasteiger partial charge >= 0.3 is 0 Å². The topological polar surface area (TPSA) is 26.3 Å². The van der Waals surface area contributed by atoms with Gasteiger partial charge in [0, 0.05) is 0 Å². The Bertz CT molecular complexity index is 491. The van der Waals surface area contributed by atoms with E-state index in [0.717, 1.165) is 29.6 Å². The molecule has 0 amide bonds. The highest BCUT2D eigenvalue weighted by Crippen LogP contribution is 2.49. The number of Topliss-reactive ketones (excluding diaryl/α,β-unsaturated/α-hetero) is 1. The number of rotatable bonds is 1. The van der Waals surface area contributed by atoms with Crippen molar-refractivity contribution in [2.45, 2.75) is 32.0 Å². The van der Waals surface area contributed by atoms with Gasteiger partial charge in [-0.15, -0.1) is 0 Å². The van der Waals surface area contributed by atoms with E-state index < -0.39 is 0 Å². The fourth-order valence-corrected chi connectivity index (χ4v) is 2.78. The summed E-state index contributed by atoms with van der Waals surface area (Å²) in [6.07, 6.45) is 3.63. The van der Waals surface area contributed by atoms with Crippen LogP contribution in [0.2, 0.25) is 0 Å². The summed E-state index contributed by atoms with van der Waals surface area (Å²) in [5, 5.41) is 0. The minimum atomic E-state index is -0.00412. The summed E-state index contributed by atoms with van der Waals surface area (Å²) in [5.41, 5.74) is 5.49. The number of hydrogen-bond acceptors (Lipinski definition) is 2. The maximum Gasteiger partial charge on any atom is 0.155 e. The summed E-state index contributed by atoms with van der Waals surface area (Å²) in [4.78, 5) is 11.4. The monoisotopic (exact) mass is 214 g/mol. The van der Waals surface area contributed by atoms with Gasteiger partial charge in [-0.2, -0.15) is 0 Å². The number of hydrogen-bond donors (Lipinski definition) is 0. The molecule has 0 aromatic carbocycles. The van der Waals surface area contributed by atoms with E-state index in [4.69, 9.17) is 4.74 Å². The maximum absolute atomic E-state index is 11.4. The first-order valence-electron chi connectivity index (χ1n) is 5.54. The number of ketones is 1. The van der Waals surface area contributed by atoms with E-state index in [-0.39, 0.29) is 18.0 Å². The van der Waals surface area contributed by atoms with Crippen molar-refractivity contribution in [3.8, 4) is 0 Å². The molecule has 1 aliphatic carbocycles. The van der Waals surface area contributed by atoms with Crippen LogP contribution in [-0.4, -0.2) is 18.0 Å². The molecule has 82 valence electrons. The summed E-state index contributed by atoms with van der Waals surface area (Å²) < 4.78 is 5.85. The molecule has 2 atom stereocenters. The molecule has 1 fully saturated rings.